The Hall–Kier alpha value is -2.34. The van der Waals surface area contributed by atoms with Gasteiger partial charge in [-0.2, -0.15) is 5.10 Å². The van der Waals surface area contributed by atoms with Crippen molar-refractivity contribution in [2.45, 2.75) is 72.0 Å². The normalized spacial score (nSPS) is 19.0. The minimum atomic E-state index is -1.06. The summed E-state index contributed by atoms with van der Waals surface area (Å²) in [5.74, 6) is 0.119. The van der Waals surface area contributed by atoms with Crippen molar-refractivity contribution < 1.29 is 9.59 Å². The van der Waals surface area contributed by atoms with Crippen molar-refractivity contribution in [3.63, 3.8) is 0 Å². The van der Waals surface area contributed by atoms with Crippen LogP contribution in [0.2, 0.25) is 5.02 Å². The first kappa shape index (κ1) is 23.3. The molecule has 0 bridgehead atoms. The lowest BCUT2D eigenvalue weighted by atomic mass is 9.91. The molecule has 1 aliphatic heterocycles. The first-order valence-corrected chi connectivity index (χ1v) is 11.2. The summed E-state index contributed by atoms with van der Waals surface area (Å²) in [6, 6.07) is 9.25. The maximum Gasteiger partial charge on any atom is 0.273 e. The molecule has 0 saturated heterocycles. The molecule has 1 aromatic heterocycles. The molecule has 0 fully saturated rings. The van der Waals surface area contributed by atoms with E-state index in [0.29, 0.717) is 36.3 Å². The van der Waals surface area contributed by atoms with Crippen LogP contribution < -0.4 is 5.32 Å². The van der Waals surface area contributed by atoms with Crippen molar-refractivity contribution in [1.82, 2.24) is 20.0 Å². The fraction of sp³-hybridized carbons (Fsp3) is 0.542. The molecule has 0 radical (unpaired) electrons. The summed E-state index contributed by atoms with van der Waals surface area (Å²) >= 11 is 6.17. The van der Waals surface area contributed by atoms with Crippen molar-refractivity contribution in [1.29, 1.82) is 0 Å². The summed E-state index contributed by atoms with van der Waals surface area (Å²) in [7, 11) is 0. The molecule has 0 saturated carbocycles. The molecule has 1 atom stereocenters. The van der Waals surface area contributed by atoms with Gasteiger partial charge in [-0.05, 0) is 43.0 Å². The maximum absolute atomic E-state index is 13.6. The average molecular weight is 445 g/mol. The number of nitrogens with zero attached hydrogens (tertiary/aromatic N) is 3. The first-order chi connectivity index (χ1) is 14.4. The number of benzene rings is 1. The summed E-state index contributed by atoms with van der Waals surface area (Å²) in [4.78, 5) is 28.6. The summed E-state index contributed by atoms with van der Waals surface area (Å²) < 4.78 is 1.69. The van der Waals surface area contributed by atoms with Gasteiger partial charge in [-0.25, -0.2) is 0 Å². The minimum absolute atomic E-state index is 0.165. The second-order valence-corrected chi connectivity index (χ2v) is 10.5. The van der Waals surface area contributed by atoms with Gasteiger partial charge >= 0.3 is 0 Å². The summed E-state index contributed by atoms with van der Waals surface area (Å²) in [5, 5.41) is 8.32. The van der Waals surface area contributed by atoms with Crippen molar-refractivity contribution in [2.24, 2.45) is 5.92 Å². The van der Waals surface area contributed by atoms with E-state index in [4.69, 9.17) is 11.6 Å². The molecule has 0 aliphatic carbocycles. The van der Waals surface area contributed by atoms with E-state index >= 15 is 0 Å². The van der Waals surface area contributed by atoms with Gasteiger partial charge in [0.2, 0.25) is 5.91 Å². The Labute approximate surface area is 190 Å². The zero-order chi connectivity index (χ0) is 23.0. The van der Waals surface area contributed by atoms with Crippen LogP contribution in [-0.4, -0.2) is 38.6 Å². The van der Waals surface area contributed by atoms with Crippen molar-refractivity contribution >= 4 is 23.4 Å². The van der Waals surface area contributed by atoms with Gasteiger partial charge in [-0.1, -0.05) is 58.4 Å². The molecule has 1 unspecified atom stereocenters. The molecule has 2 heterocycles. The average Bonchev–Trinajstić information content (AvgIpc) is 3.09. The molecule has 1 N–H and O–H groups in total. The Morgan fingerprint density at radius 1 is 1.29 bits per heavy atom. The van der Waals surface area contributed by atoms with Gasteiger partial charge in [0.25, 0.3) is 5.91 Å². The van der Waals surface area contributed by atoms with Crippen LogP contribution in [0.25, 0.3) is 0 Å². The molecule has 1 aromatic carbocycles. The Bertz CT molecular complexity index is 976. The van der Waals surface area contributed by atoms with Crippen LogP contribution in [0.1, 0.15) is 69.7 Å². The zero-order valence-electron chi connectivity index (χ0n) is 19.3. The van der Waals surface area contributed by atoms with E-state index in [2.05, 4.69) is 45.0 Å². The molecule has 168 valence electrons. The monoisotopic (exact) mass is 444 g/mol. The molecule has 3 rings (SSSR count). The molecular weight excluding hydrogens is 412 g/mol. The molecule has 7 heteroatoms. The number of fused-ring (bicyclic) bond motifs is 1. The fourth-order valence-corrected chi connectivity index (χ4v) is 3.95. The highest BCUT2D eigenvalue weighted by Crippen LogP contribution is 2.32. The van der Waals surface area contributed by atoms with Gasteiger partial charge in [0.1, 0.15) is 11.2 Å². The number of hydrogen-bond acceptors (Lipinski definition) is 3. The van der Waals surface area contributed by atoms with Gasteiger partial charge in [0, 0.05) is 23.5 Å². The third-order valence-corrected chi connectivity index (χ3v) is 6.03. The first-order valence-electron chi connectivity index (χ1n) is 10.8. The van der Waals surface area contributed by atoms with Crippen LogP contribution in [-0.2, 0) is 23.3 Å². The Kier molecular flexibility index (Phi) is 6.51. The quantitative estimate of drug-likeness (QED) is 0.717. The number of carbonyl (C=O) groups is 2. The number of aromatic nitrogens is 2. The number of nitrogens with one attached hydrogen (secondary N) is 1. The van der Waals surface area contributed by atoms with Crippen molar-refractivity contribution in [2.75, 3.05) is 6.54 Å². The third kappa shape index (κ3) is 4.95. The molecule has 2 aromatic rings. The third-order valence-electron chi connectivity index (χ3n) is 5.79. The van der Waals surface area contributed by atoms with Crippen molar-refractivity contribution in [3.8, 4) is 0 Å². The van der Waals surface area contributed by atoms with Crippen LogP contribution in [0.15, 0.2) is 30.3 Å². The van der Waals surface area contributed by atoms with E-state index < -0.39 is 5.54 Å². The lowest BCUT2D eigenvalue weighted by molar-refractivity contribution is -0.133. The van der Waals surface area contributed by atoms with E-state index in [-0.39, 0.29) is 17.2 Å². The van der Waals surface area contributed by atoms with Crippen molar-refractivity contribution in [3.05, 3.63) is 52.3 Å². The summed E-state index contributed by atoms with van der Waals surface area (Å²) in [6.07, 6.45) is 0.880. The summed E-state index contributed by atoms with van der Waals surface area (Å²) in [6.45, 7) is 13.4. The lowest BCUT2D eigenvalue weighted by Crippen LogP contribution is -2.63. The SMILES string of the molecule is CC(C)CCNC(=O)C1(C)Cn2nc(C(C)(C)C)cc2C(=O)N1Cc1cccc(Cl)c1. The van der Waals surface area contributed by atoms with E-state index in [0.717, 1.165) is 17.7 Å². The van der Waals surface area contributed by atoms with E-state index in [1.807, 2.05) is 31.2 Å². The summed E-state index contributed by atoms with van der Waals surface area (Å²) in [5.41, 5.74) is 0.969. The molecule has 2 amide bonds. The highest BCUT2D eigenvalue weighted by molar-refractivity contribution is 6.30. The lowest BCUT2D eigenvalue weighted by Gasteiger charge is -2.43. The highest BCUT2D eigenvalue weighted by atomic mass is 35.5. The van der Waals surface area contributed by atoms with E-state index in [9.17, 15) is 9.59 Å². The molecule has 31 heavy (non-hydrogen) atoms. The molecule has 0 spiro atoms. The van der Waals surface area contributed by atoms with Crippen LogP contribution in [0.4, 0.5) is 0 Å². The zero-order valence-corrected chi connectivity index (χ0v) is 20.1. The van der Waals surface area contributed by atoms with Gasteiger partial charge < -0.3 is 10.2 Å². The predicted octanol–water partition coefficient (Wildman–Crippen LogP) is 4.41. The second-order valence-electron chi connectivity index (χ2n) is 10.1. The Morgan fingerprint density at radius 3 is 2.61 bits per heavy atom. The highest BCUT2D eigenvalue weighted by Gasteiger charge is 2.48. The van der Waals surface area contributed by atoms with E-state index in [1.54, 1.807) is 15.6 Å². The molecule has 6 nitrogen and oxygen atoms in total. The fourth-order valence-electron chi connectivity index (χ4n) is 3.74. The Balaban J connectivity index is 1.99. The number of hydrogen-bond donors (Lipinski definition) is 1. The largest absolute Gasteiger partial charge is 0.354 e. The number of halogens is 1. The smallest absolute Gasteiger partial charge is 0.273 e. The number of rotatable bonds is 6. The molecular formula is C24H33ClN4O2. The Morgan fingerprint density at radius 2 is 2.00 bits per heavy atom. The molecule has 1 aliphatic rings. The topological polar surface area (TPSA) is 67.2 Å². The maximum atomic E-state index is 13.6. The number of amides is 2. The van der Waals surface area contributed by atoms with Gasteiger partial charge in [0.15, 0.2) is 0 Å². The standard InChI is InChI=1S/C24H33ClN4O2/c1-16(2)10-11-26-22(31)24(6)15-29-19(13-20(27-29)23(3,4)5)21(30)28(24)14-17-8-7-9-18(25)12-17/h7-9,12-13,16H,10-11,14-15H2,1-6H3,(H,26,31). The van der Waals surface area contributed by atoms with Crippen LogP contribution >= 0.6 is 11.6 Å². The number of carbonyl (C=O) groups excluding carboxylic acids is 2. The van der Waals surface area contributed by atoms with Crippen LogP contribution in [0.3, 0.4) is 0 Å². The van der Waals surface area contributed by atoms with Gasteiger partial charge in [-0.3, -0.25) is 14.3 Å². The predicted molar refractivity (Wildman–Crippen MR) is 123 cm³/mol. The minimum Gasteiger partial charge on any atom is -0.354 e. The van der Waals surface area contributed by atoms with Crippen LogP contribution in [0, 0.1) is 5.92 Å². The van der Waals surface area contributed by atoms with Gasteiger partial charge in [0.05, 0.1) is 12.2 Å². The van der Waals surface area contributed by atoms with Gasteiger partial charge in [-0.15, -0.1) is 0 Å². The van der Waals surface area contributed by atoms with Crippen LogP contribution in [0.5, 0.6) is 0 Å². The van der Waals surface area contributed by atoms with E-state index in [1.165, 1.54) is 0 Å². The second kappa shape index (κ2) is 8.65.